The Hall–Kier alpha value is -1.78. The molecule has 0 unspecified atom stereocenters. The molecule has 1 aromatic heterocycles. The summed E-state index contributed by atoms with van der Waals surface area (Å²) in [5.74, 6) is 1.64. The number of rotatable bonds is 4. The summed E-state index contributed by atoms with van der Waals surface area (Å²) in [4.78, 5) is 18.3. The maximum Gasteiger partial charge on any atom is 0.308 e. The second kappa shape index (κ2) is 6.33. The normalized spacial score (nSPS) is 25.1. The van der Waals surface area contributed by atoms with Crippen LogP contribution in [-0.4, -0.2) is 37.3 Å². The molecule has 114 valence electrons. The maximum atomic E-state index is 11.5. The first kappa shape index (κ1) is 14.2. The number of nitrogens with zero attached hydrogens (tertiary/aromatic N) is 2. The Labute approximate surface area is 125 Å². The van der Waals surface area contributed by atoms with E-state index in [-0.39, 0.29) is 18.0 Å². The van der Waals surface area contributed by atoms with Gasteiger partial charge in [-0.2, -0.15) is 4.98 Å². The number of methoxy groups -OCH3 is 1. The van der Waals surface area contributed by atoms with Crippen LogP contribution in [0, 0.1) is 5.92 Å². The Morgan fingerprint density at radius 2 is 2.00 bits per heavy atom. The second-order valence-corrected chi connectivity index (χ2v) is 5.79. The lowest BCUT2D eigenvalue weighted by Crippen LogP contribution is -2.37. The highest BCUT2D eigenvalue weighted by atomic mass is 16.5. The van der Waals surface area contributed by atoms with Crippen LogP contribution in [0.25, 0.3) is 0 Å². The summed E-state index contributed by atoms with van der Waals surface area (Å²) in [5, 5.41) is 0. The third-order valence-corrected chi connectivity index (χ3v) is 4.39. The number of ether oxygens (including phenoxy) is 2. The van der Waals surface area contributed by atoms with Gasteiger partial charge in [0.15, 0.2) is 0 Å². The highest BCUT2D eigenvalue weighted by Gasteiger charge is 2.28. The summed E-state index contributed by atoms with van der Waals surface area (Å²) in [5.41, 5.74) is 0. The lowest BCUT2D eigenvalue weighted by molar-refractivity contribution is -0.147. The van der Waals surface area contributed by atoms with Gasteiger partial charge in [-0.05, 0) is 38.2 Å². The van der Waals surface area contributed by atoms with Gasteiger partial charge in [0.25, 0.3) is 0 Å². The monoisotopic (exact) mass is 290 g/mol. The molecule has 2 heterocycles. The zero-order valence-electron chi connectivity index (χ0n) is 12.5. The predicted molar refractivity (Wildman–Crippen MR) is 79.5 cm³/mol. The van der Waals surface area contributed by atoms with Crippen LogP contribution in [0.1, 0.15) is 32.1 Å². The Bertz CT molecular complexity index is 494. The molecule has 0 spiro atoms. The maximum absolute atomic E-state index is 11.5. The molecule has 1 aromatic rings. The van der Waals surface area contributed by atoms with Crippen LogP contribution >= 0.6 is 0 Å². The summed E-state index contributed by atoms with van der Waals surface area (Å²) in [6, 6.07) is 5.94. The fourth-order valence-electron chi connectivity index (χ4n) is 2.94. The van der Waals surface area contributed by atoms with Crippen LogP contribution in [0.15, 0.2) is 18.2 Å². The van der Waals surface area contributed by atoms with Crippen molar-refractivity contribution >= 4 is 11.8 Å². The molecule has 1 aliphatic carbocycles. The number of carbonyl (C=O) groups is 1. The van der Waals surface area contributed by atoms with Gasteiger partial charge in [0, 0.05) is 19.2 Å². The number of esters is 1. The highest BCUT2D eigenvalue weighted by molar-refractivity contribution is 5.72. The van der Waals surface area contributed by atoms with Crippen LogP contribution < -0.4 is 9.64 Å². The first-order valence-corrected chi connectivity index (χ1v) is 7.73. The van der Waals surface area contributed by atoms with E-state index in [0.29, 0.717) is 5.88 Å². The van der Waals surface area contributed by atoms with E-state index in [1.807, 2.05) is 18.2 Å². The van der Waals surface area contributed by atoms with Crippen LogP contribution in [0.5, 0.6) is 5.88 Å². The van der Waals surface area contributed by atoms with Gasteiger partial charge in [-0.3, -0.25) is 4.79 Å². The van der Waals surface area contributed by atoms with E-state index < -0.39 is 0 Å². The molecule has 2 fully saturated rings. The fourth-order valence-corrected chi connectivity index (χ4v) is 2.94. The lowest BCUT2D eigenvalue weighted by atomic mass is 9.87. The SMILES string of the molecule is COC(=O)C1CCC(Oc2cccc(N3CCC3)n2)CC1. The Morgan fingerprint density at radius 1 is 1.24 bits per heavy atom. The van der Waals surface area contributed by atoms with Crippen LogP contribution in [0.4, 0.5) is 5.82 Å². The summed E-state index contributed by atoms with van der Waals surface area (Å²) in [6.45, 7) is 2.17. The van der Waals surface area contributed by atoms with Gasteiger partial charge in [-0.25, -0.2) is 0 Å². The van der Waals surface area contributed by atoms with Gasteiger partial charge in [-0.15, -0.1) is 0 Å². The van der Waals surface area contributed by atoms with Crippen LogP contribution in [-0.2, 0) is 9.53 Å². The molecular weight excluding hydrogens is 268 g/mol. The Morgan fingerprint density at radius 3 is 2.62 bits per heavy atom. The summed E-state index contributed by atoms with van der Waals surface area (Å²) >= 11 is 0. The largest absolute Gasteiger partial charge is 0.474 e. The number of anilines is 1. The van der Waals surface area contributed by atoms with Gasteiger partial charge < -0.3 is 14.4 Å². The van der Waals surface area contributed by atoms with Gasteiger partial charge in [-0.1, -0.05) is 6.07 Å². The van der Waals surface area contributed by atoms with E-state index in [2.05, 4.69) is 9.88 Å². The molecule has 5 heteroatoms. The third kappa shape index (κ3) is 3.28. The van der Waals surface area contributed by atoms with Gasteiger partial charge in [0.05, 0.1) is 13.0 Å². The van der Waals surface area contributed by atoms with Crippen molar-refractivity contribution in [3.63, 3.8) is 0 Å². The van der Waals surface area contributed by atoms with Crippen molar-refractivity contribution in [2.75, 3.05) is 25.1 Å². The number of aromatic nitrogens is 1. The summed E-state index contributed by atoms with van der Waals surface area (Å²) in [7, 11) is 1.45. The fraction of sp³-hybridized carbons (Fsp3) is 0.625. The molecule has 1 saturated carbocycles. The summed E-state index contributed by atoms with van der Waals surface area (Å²) in [6.07, 6.45) is 4.84. The molecule has 0 atom stereocenters. The lowest BCUT2D eigenvalue weighted by Gasteiger charge is -2.32. The molecule has 0 N–H and O–H groups in total. The van der Waals surface area contributed by atoms with E-state index in [4.69, 9.17) is 9.47 Å². The van der Waals surface area contributed by atoms with Crippen molar-refractivity contribution in [2.24, 2.45) is 5.92 Å². The van der Waals surface area contributed by atoms with E-state index >= 15 is 0 Å². The molecule has 2 aliphatic rings. The van der Waals surface area contributed by atoms with Gasteiger partial charge in [0.2, 0.25) is 5.88 Å². The number of carbonyl (C=O) groups excluding carboxylic acids is 1. The van der Waals surface area contributed by atoms with Crippen molar-refractivity contribution in [3.8, 4) is 5.88 Å². The first-order valence-electron chi connectivity index (χ1n) is 7.73. The molecule has 5 nitrogen and oxygen atoms in total. The average Bonchev–Trinajstić information content (AvgIpc) is 2.46. The van der Waals surface area contributed by atoms with Crippen molar-refractivity contribution in [1.82, 2.24) is 4.98 Å². The predicted octanol–water partition coefficient (Wildman–Crippen LogP) is 2.40. The minimum Gasteiger partial charge on any atom is -0.474 e. The summed E-state index contributed by atoms with van der Waals surface area (Å²) < 4.78 is 10.8. The zero-order valence-corrected chi connectivity index (χ0v) is 12.5. The smallest absolute Gasteiger partial charge is 0.308 e. The quantitative estimate of drug-likeness (QED) is 0.797. The number of hydrogen-bond acceptors (Lipinski definition) is 5. The van der Waals surface area contributed by atoms with Crippen molar-refractivity contribution in [1.29, 1.82) is 0 Å². The van der Waals surface area contributed by atoms with E-state index in [0.717, 1.165) is 44.6 Å². The molecule has 0 bridgehead atoms. The molecule has 1 saturated heterocycles. The third-order valence-electron chi connectivity index (χ3n) is 4.39. The van der Waals surface area contributed by atoms with E-state index in [1.165, 1.54) is 13.5 Å². The minimum absolute atomic E-state index is 0.0373. The second-order valence-electron chi connectivity index (χ2n) is 5.79. The number of hydrogen-bond donors (Lipinski definition) is 0. The Kier molecular flexibility index (Phi) is 4.27. The molecule has 0 radical (unpaired) electrons. The molecule has 1 aliphatic heterocycles. The van der Waals surface area contributed by atoms with Gasteiger partial charge >= 0.3 is 5.97 Å². The topological polar surface area (TPSA) is 51.7 Å². The average molecular weight is 290 g/mol. The molecule has 21 heavy (non-hydrogen) atoms. The minimum atomic E-state index is -0.0913. The number of pyridine rings is 1. The van der Waals surface area contributed by atoms with Crippen molar-refractivity contribution in [2.45, 2.75) is 38.2 Å². The Balaban J connectivity index is 1.54. The first-order chi connectivity index (χ1) is 10.3. The van der Waals surface area contributed by atoms with Gasteiger partial charge in [0.1, 0.15) is 11.9 Å². The van der Waals surface area contributed by atoms with Crippen LogP contribution in [0.3, 0.4) is 0 Å². The van der Waals surface area contributed by atoms with Crippen molar-refractivity contribution < 1.29 is 14.3 Å². The molecule has 0 amide bonds. The highest BCUT2D eigenvalue weighted by Crippen LogP contribution is 2.29. The van der Waals surface area contributed by atoms with Crippen LogP contribution in [0.2, 0.25) is 0 Å². The van der Waals surface area contributed by atoms with E-state index in [1.54, 1.807) is 0 Å². The zero-order chi connectivity index (χ0) is 14.7. The molecular formula is C16H22N2O3. The van der Waals surface area contributed by atoms with E-state index in [9.17, 15) is 4.79 Å². The standard InChI is InChI=1S/C16H22N2O3/c1-20-16(19)12-6-8-13(9-7-12)21-15-5-2-4-14(17-15)18-10-3-11-18/h2,4-5,12-13H,3,6-11H2,1H3. The molecule has 0 aromatic carbocycles. The van der Waals surface area contributed by atoms with Crippen molar-refractivity contribution in [3.05, 3.63) is 18.2 Å². The molecule has 3 rings (SSSR count).